The normalized spacial score (nSPS) is 19.1. The van der Waals surface area contributed by atoms with Crippen LogP contribution in [0.5, 0.6) is 5.75 Å². The molecule has 4 rings (SSSR count). The molecule has 1 aromatic heterocycles. The van der Waals surface area contributed by atoms with Crippen LogP contribution in [0.4, 0.5) is 0 Å². The van der Waals surface area contributed by atoms with E-state index in [1.165, 1.54) is 4.90 Å². The lowest BCUT2D eigenvalue weighted by molar-refractivity contribution is -0.131. The van der Waals surface area contributed by atoms with Gasteiger partial charge in [0.25, 0.3) is 5.91 Å². The van der Waals surface area contributed by atoms with E-state index in [0.29, 0.717) is 23.5 Å². The first kappa shape index (κ1) is 18.5. The highest BCUT2D eigenvalue weighted by Gasteiger charge is 2.33. The van der Waals surface area contributed by atoms with Gasteiger partial charge in [-0.05, 0) is 18.1 Å². The summed E-state index contributed by atoms with van der Waals surface area (Å²) in [4.78, 5) is 28.8. The molecule has 148 valence electrons. The molecule has 0 radical (unpaired) electrons. The Labute approximate surface area is 163 Å². The Morgan fingerprint density at radius 1 is 1.36 bits per heavy atom. The van der Waals surface area contributed by atoms with Gasteiger partial charge in [-0.25, -0.2) is 0 Å². The minimum Gasteiger partial charge on any atom is -0.488 e. The van der Waals surface area contributed by atoms with Crippen molar-refractivity contribution in [3.8, 4) is 17.0 Å². The Hall–Kier alpha value is -2.87. The van der Waals surface area contributed by atoms with E-state index in [2.05, 4.69) is 10.2 Å². The van der Waals surface area contributed by atoms with Gasteiger partial charge in [0.1, 0.15) is 30.3 Å². The van der Waals surface area contributed by atoms with Gasteiger partial charge in [-0.3, -0.25) is 14.7 Å². The summed E-state index contributed by atoms with van der Waals surface area (Å²) in [5.41, 5.74) is 2.50. The van der Waals surface area contributed by atoms with Crippen molar-refractivity contribution in [3.05, 3.63) is 35.5 Å². The SMILES string of the molecule is CC(C)CN1CC(O)CN(C(=O)c2[nH]nc3c2COc2ccccc2-3)CC1=O. The van der Waals surface area contributed by atoms with E-state index >= 15 is 0 Å². The molecule has 0 spiro atoms. The van der Waals surface area contributed by atoms with Crippen LogP contribution >= 0.6 is 0 Å². The van der Waals surface area contributed by atoms with Gasteiger partial charge in [0, 0.05) is 30.8 Å². The lowest BCUT2D eigenvalue weighted by Crippen LogP contribution is -2.41. The number of aromatic nitrogens is 2. The summed E-state index contributed by atoms with van der Waals surface area (Å²) < 4.78 is 5.76. The molecule has 2 aliphatic rings. The highest BCUT2D eigenvalue weighted by atomic mass is 16.5. The Bertz CT molecular complexity index is 907. The number of nitrogens with zero attached hydrogens (tertiary/aromatic N) is 3. The number of aliphatic hydroxyl groups is 1. The molecular formula is C20H24N4O4. The predicted molar refractivity (Wildman–Crippen MR) is 102 cm³/mol. The molecule has 2 amide bonds. The minimum absolute atomic E-state index is 0.0617. The summed E-state index contributed by atoms with van der Waals surface area (Å²) in [5.74, 6) is 0.504. The van der Waals surface area contributed by atoms with Crippen molar-refractivity contribution < 1.29 is 19.4 Å². The van der Waals surface area contributed by atoms with E-state index in [4.69, 9.17) is 4.74 Å². The number of amides is 2. The van der Waals surface area contributed by atoms with Gasteiger partial charge in [-0.15, -0.1) is 0 Å². The van der Waals surface area contributed by atoms with E-state index < -0.39 is 6.10 Å². The number of β-amino-alcohol motifs (C(OH)–C–C–N with tert-alkyl or cyclic N) is 1. The Morgan fingerprint density at radius 2 is 2.14 bits per heavy atom. The number of aliphatic hydroxyl groups excluding tert-OH is 1. The van der Waals surface area contributed by atoms with Gasteiger partial charge in [0.05, 0.1) is 6.10 Å². The summed E-state index contributed by atoms with van der Waals surface area (Å²) in [6, 6.07) is 7.53. The molecule has 1 atom stereocenters. The number of carbonyl (C=O) groups is 2. The highest BCUT2D eigenvalue weighted by Crippen LogP contribution is 2.37. The average Bonchev–Trinajstić information content (AvgIpc) is 3.04. The standard InChI is InChI=1S/C20H24N4O4/c1-12(2)7-23-8-13(25)9-24(10-17(23)26)20(27)19-15-11-28-16-6-4-3-5-14(16)18(15)21-22-19/h3-6,12-13,25H,7-11H2,1-2H3,(H,21,22). The summed E-state index contributed by atoms with van der Waals surface area (Å²) in [7, 11) is 0. The zero-order chi connectivity index (χ0) is 19.8. The molecule has 1 fully saturated rings. The van der Waals surface area contributed by atoms with E-state index in [0.717, 1.165) is 11.3 Å². The number of fused-ring (bicyclic) bond motifs is 3. The maximum Gasteiger partial charge on any atom is 0.272 e. The van der Waals surface area contributed by atoms with E-state index in [1.807, 2.05) is 38.1 Å². The minimum atomic E-state index is -0.787. The average molecular weight is 384 g/mol. The molecule has 0 aliphatic carbocycles. The number of H-pyrrole nitrogens is 1. The highest BCUT2D eigenvalue weighted by molar-refractivity contribution is 5.98. The van der Waals surface area contributed by atoms with E-state index in [-0.39, 0.29) is 44.0 Å². The van der Waals surface area contributed by atoms with Crippen molar-refractivity contribution in [1.29, 1.82) is 0 Å². The third kappa shape index (κ3) is 3.35. The molecule has 1 saturated heterocycles. The number of aromatic amines is 1. The molecule has 2 aliphatic heterocycles. The molecule has 8 heteroatoms. The van der Waals surface area contributed by atoms with Crippen LogP contribution in [0.1, 0.15) is 29.9 Å². The first-order valence-electron chi connectivity index (χ1n) is 9.48. The lowest BCUT2D eigenvalue weighted by atomic mass is 10.0. The molecule has 2 N–H and O–H groups in total. The van der Waals surface area contributed by atoms with E-state index in [1.54, 1.807) is 4.90 Å². The predicted octanol–water partition coefficient (Wildman–Crippen LogP) is 1.27. The largest absolute Gasteiger partial charge is 0.488 e. The van der Waals surface area contributed by atoms with Crippen molar-refractivity contribution in [2.24, 2.45) is 5.92 Å². The Morgan fingerprint density at radius 3 is 2.93 bits per heavy atom. The van der Waals surface area contributed by atoms with Crippen molar-refractivity contribution in [3.63, 3.8) is 0 Å². The fourth-order valence-corrected chi connectivity index (χ4v) is 3.77. The van der Waals surface area contributed by atoms with Crippen LogP contribution in [-0.4, -0.2) is 69.2 Å². The smallest absolute Gasteiger partial charge is 0.272 e. The van der Waals surface area contributed by atoms with Crippen molar-refractivity contribution in [2.45, 2.75) is 26.6 Å². The monoisotopic (exact) mass is 384 g/mol. The van der Waals surface area contributed by atoms with Crippen molar-refractivity contribution >= 4 is 11.8 Å². The third-order valence-electron chi connectivity index (χ3n) is 5.01. The third-order valence-corrected chi connectivity index (χ3v) is 5.01. The number of hydrogen-bond donors (Lipinski definition) is 2. The van der Waals surface area contributed by atoms with Gasteiger partial charge in [-0.1, -0.05) is 26.0 Å². The molecule has 0 saturated carbocycles. The van der Waals surface area contributed by atoms with Crippen LogP contribution in [-0.2, 0) is 11.4 Å². The lowest BCUT2D eigenvalue weighted by Gasteiger charge is -2.23. The van der Waals surface area contributed by atoms with Crippen LogP contribution in [0, 0.1) is 5.92 Å². The van der Waals surface area contributed by atoms with Gasteiger partial charge < -0.3 is 19.6 Å². The summed E-state index contributed by atoms with van der Waals surface area (Å²) >= 11 is 0. The summed E-state index contributed by atoms with van der Waals surface area (Å²) in [6.07, 6.45) is -0.787. The molecule has 1 aromatic carbocycles. The Kier molecular flexibility index (Phi) is 4.80. The number of benzene rings is 1. The van der Waals surface area contributed by atoms with Crippen LogP contribution < -0.4 is 4.74 Å². The summed E-state index contributed by atoms with van der Waals surface area (Å²) in [6.45, 7) is 5.09. The van der Waals surface area contributed by atoms with Crippen LogP contribution in [0.3, 0.4) is 0 Å². The number of para-hydroxylation sites is 1. The Balaban J connectivity index is 1.59. The second kappa shape index (κ2) is 7.27. The van der Waals surface area contributed by atoms with Crippen LogP contribution in [0.15, 0.2) is 24.3 Å². The second-order valence-corrected chi connectivity index (χ2v) is 7.74. The van der Waals surface area contributed by atoms with Crippen LogP contribution in [0.25, 0.3) is 11.3 Å². The summed E-state index contributed by atoms with van der Waals surface area (Å²) in [5, 5.41) is 17.5. The molecule has 3 heterocycles. The number of hydrogen-bond acceptors (Lipinski definition) is 5. The molecular weight excluding hydrogens is 360 g/mol. The van der Waals surface area contributed by atoms with Gasteiger partial charge in [0.2, 0.25) is 5.91 Å². The molecule has 0 bridgehead atoms. The topological polar surface area (TPSA) is 98.8 Å². The van der Waals surface area contributed by atoms with Crippen LogP contribution in [0.2, 0.25) is 0 Å². The number of carbonyl (C=O) groups excluding carboxylic acids is 2. The fourth-order valence-electron chi connectivity index (χ4n) is 3.77. The number of rotatable bonds is 3. The number of ether oxygens (including phenoxy) is 1. The molecule has 2 aromatic rings. The van der Waals surface area contributed by atoms with Gasteiger partial charge in [0.15, 0.2) is 0 Å². The fraction of sp³-hybridized carbons (Fsp3) is 0.450. The quantitative estimate of drug-likeness (QED) is 0.830. The van der Waals surface area contributed by atoms with Gasteiger partial charge >= 0.3 is 0 Å². The maximum atomic E-state index is 13.1. The van der Waals surface area contributed by atoms with Crippen molar-refractivity contribution in [1.82, 2.24) is 20.0 Å². The maximum absolute atomic E-state index is 13.1. The molecule has 8 nitrogen and oxygen atoms in total. The second-order valence-electron chi connectivity index (χ2n) is 7.74. The zero-order valence-corrected chi connectivity index (χ0v) is 16.0. The first-order chi connectivity index (χ1) is 13.4. The van der Waals surface area contributed by atoms with Crippen molar-refractivity contribution in [2.75, 3.05) is 26.2 Å². The molecule has 1 unspecified atom stereocenters. The zero-order valence-electron chi connectivity index (χ0n) is 16.0. The first-order valence-corrected chi connectivity index (χ1v) is 9.48. The number of nitrogens with one attached hydrogen (secondary N) is 1. The van der Waals surface area contributed by atoms with E-state index in [9.17, 15) is 14.7 Å². The molecule has 28 heavy (non-hydrogen) atoms. The van der Waals surface area contributed by atoms with Gasteiger partial charge in [-0.2, -0.15) is 5.10 Å².